The molecule has 35 heavy (non-hydrogen) atoms. The number of carbonyl (C=O) groups is 1. The number of piperazine rings is 1. The van der Waals surface area contributed by atoms with Gasteiger partial charge in [0.2, 0.25) is 0 Å². The number of benzene rings is 3. The molecule has 1 fully saturated rings. The number of nitrogens with zero attached hydrogens (tertiary/aromatic N) is 2. The highest BCUT2D eigenvalue weighted by molar-refractivity contribution is 6.00. The third-order valence-electron chi connectivity index (χ3n) is 6.22. The number of carbonyl (C=O) groups excluding carboxylic acids is 1. The number of aryl methyl sites for hydroxylation is 1. The summed E-state index contributed by atoms with van der Waals surface area (Å²) in [4.78, 5) is 17.5. The lowest BCUT2D eigenvalue weighted by Gasteiger charge is -2.34. The lowest BCUT2D eigenvalue weighted by atomic mass is 10.1. The van der Waals surface area contributed by atoms with Gasteiger partial charge in [0, 0.05) is 45.0 Å². The van der Waals surface area contributed by atoms with Crippen LogP contribution in [0, 0.1) is 6.92 Å². The van der Waals surface area contributed by atoms with Crippen LogP contribution < -0.4 is 20.1 Å². The Hall–Kier alpha value is -3.55. The van der Waals surface area contributed by atoms with Crippen molar-refractivity contribution in [3.8, 4) is 11.5 Å². The lowest BCUT2D eigenvalue weighted by Crippen LogP contribution is -2.45. The molecule has 1 saturated heterocycles. The normalized spacial score (nSPS) is 14.4. The van der Waals surface area contributed by atoms with E-state index < -0.39 is 0 Å². The van der Waals surface area contributed by atoms with Gasteiger partial charge in [0.15, 0.2) is 0 Å². The summed E-state index contributed by atoms with van der Waals surface area (Å²) in [7, 11) is 3.30. The predicted molar refractivity (Wildman–Crippen MR) is 140 cm³/mol. The summed E-state index contributed by atoms with van der Waals surface area (Å²) < 4.78 is 10.7. The Balaban J connectivity index is 1.31. The quantitative estimate of drug-likeness (QED) is 0.482. The van der Waals surface area contributed by atoms with E-state index >= 15 is 0 Å². The first kappa shape index (κ1) is 24.6. The second-order valence-electron chi connectivity index (χ2n) is 8.88. The molecule has 7 nitrogen and oxygen atoms in total. The van der Waals surface area contributed by atoms with Gasteiger partial charge in [-0.25, -0.2) is 4.79 Å². The fraction of sp³-hybridized carbons (Fsp3) is 0.321. The van der Waals surface area contributed by atoms with Crippen LogP contribution in [-0.2, 0) is 13.1 Å². The molecule has 1 heterocycles. The van der Waals surface area contributed by atoms with Crippen molar-refractivity contribution in [2.75, 3.05) is 51.0 Å². The van der Waals surface area contributed by atoms with Gasteiger partial charge in [-0.15, -0.1) is 0 Å². The van der Waals surface area contributed by atoms with Crippen molar-refractivity contribution in [1.29, 1.82) is 0 Å². The lowest BCUT2D eigenvalue weighted by molar-refractivity contribution is 0.122. The van der Waals surface area contributed by atoms with Gasteiger partial charge in [-0.1, -0.05) is 30.3 Å². The summed E-state index contributed by atoms with van der Waals surface area (Å²) in [5, 5.41) is 5.82. The zero-order valence-corrected chi connectivity index (χ0v) is 20.7. The largest absolute Gasteiger partial charge is 0.497 e. The number of hydrogen-bond acceptors (Lipinski definition) is 5. The van der Waals surface area contributed by atoms with E-state index in [2.05, 4.69) is 38.6 Å². The third-order valence-corrected chi connectivity index (χ3v) is 6.22. The number of amides is 2. The molecule has 1 aliphatic rings. The maximum absolute atomic E-state index is 12.6. The Morgan fingerprint density at radius 1 is 0.800 bits per heavy atom. The molecular formula is C28H34N4O3. The molecule has 0 radical (unpaired) electrons. The molecular weight excluding hydrogens is 440 g/mol. The van der Waals surface area contributed by atoms with Crippen LogP contribution in [-0.4, -0.2) is 56.2 Å². The van der Waals surface area contributed by atoms with E-state index in [1.807, 2.05) is 55.5 Å². The minimum Gasteiger partial charge on any atom is -0.497 e. The molecule has 184 valence electrons. The number of rotatable bonds is 8. The van der Waals surface area contributed by atoms with Crippen LogP contribution in [0.2, 0.25) is 0 Å². The first-order valence-electron chi connectivity index (χ1n) is 11.9. The van der Waals surface area contributed by atoms with E-state index in [1.54, 1.807) is 14.2 Å². The fourth-order valence-corrected chi connectivity index (χ4v) is 4.31. The molecule has 0 spiro atoms. The average Bonchev–Trinajstić information content (AvgIpc) is 2.86. The molecule has 7 heteroatoms. The van der Waals surface area contributed by atoms with E-state index in [0.717, 1.165) is 61.8 Å². The molecule has 4 rings (SSSR count). The average molecular weight is 475 g/mol. The number of hydrogen-bond donors (Lipinski definition) is 2. The summed E-state index contributed by atoms with van der Waals surface area (Å²) in [6.07, 6.45) is 0. The van der Waals surface area contributed by atoms with Gasteiger partial charge in [0.05, 0.1) is 19.9 Å². The highest BCUT2D eigenvalue weighted by Gasteiger charge is 2.18. The van der Waals surface area contributed by atoms with Crippen molar-refractivity contribution in [1.82, 2.24) is 9.80 Å². The summed E-state index contributed by atoms with van der Waals surface area (Å²) in [5.41, 5.74) is 4.94. The Kier molecular flexibility index (Phi) is 8.23. The number of nitrogens with one attached hydrogen (secondary N) is 2. The van der Waals surface area contributed by atoms with E-state index in [1.165, 1.54) is 5.56 Å². The molecule has 2 N–H and O–H groups in total. The van der Waals surface area contributed by atoms with E-state index in [4.69, 9.17) is 9.47 Å². The molecule has 0 saturated carbocycles. The van der Waals surface area contributed by atoms with Crippen LogP contribution in [0.15, 0.2) is 66.7 Å². The van der Waals surface area contributed by atoms with Crippen LogP contribution in [0.5, 0.6) is 11.5 Å². The van der Waals surface area contributed by atoms with Crippen molar-refractivity contribution in [2.24, 2.45) is 0 Å². The predicted octanol–water partition coefficient (Wildman–Crippen LogP) is 4.97. The van der Waals surface area contributed by atoms with Crippen molar-refractivity contribution in [3.63, 3.8) is 0 Å². The van der Waals surface area contributed by atoms with Gasteiger partial charge in [-0.2, -0.15) is 0 Å². The van der Waals surface area contributed by atoms with Crippen LogP contribution >= 0.6 is 0 Å². The van der Waals surface area contributed by atoms with Crippen LogP contribution in [0.3, 0.4) is 0 Å². The van der Waals surface area contributed by atoms with E-state index in [0.29, 0.717) is 11.4 Å². The van der Waals surface area contributed by atoms with Gasteiger partial charge in [0.1, 0.15) is 11.5 Å². The number of urea groups is 1. The molecule has 2 amide bonds. The standard InChI is InChI=1S/C28H34N4O3/c1-21-5-4-6-24(17-21)29-28(33)30-26-18-23(9-12-27(26)35-3)20-32-15-13-31(14-16-32)19-22-7-10-25(34-2)11-8-22/h4-12,17-18H,13-16,19-20H2,1-3H3,(H2,29,30,33). The van der Waals surface area contributed by atoms with Gasteiger partial charge in [-0.3, -0.25) is 9.80 Å². The Morgan fingerprint density at radius 2 is 1.46 bits per heavy atom. The van der Waals surface area contributed by atoms with Gasteiger partial charge < -0.3 is 20.1 Å². The third kappa shape index (κ3) is 6.97. The summed E-state index contributed by atoms with van der Waals surface area (Å²) >= 11 is 0. The zero-order valence-electron chi connectivity index (χ0n) is 20.7. The fourth-order valence-electron chi connectivity index (χ4n) is 4.31. The van der Waals surface area contributed by atoms with Gasteiger partial charge in [-0.05, 0) is 60.0 Å². The van der Waals surface area contributed by atoms with Gasteiger partial charge in [0.25, 0.3) is 0 Å². The van der Waals surface area contributed by atoms with Crippen LogP contribution in [0.1, 0.15) is 16.7 Å². The number of ether oxygens (including phenoxy) is 2. The van der Waals surface area contributed by atoms with Crippen molar-refractivity contribution >= 4 is 17.4 Å². The zero-order chi connectivity index (χ0) is 24.6. The Morgan fingerprint density at radius 3 is 2.09 bits per heavy atom. The molecule has 0 aromatic heterocycles. The van der Waals surface area contributed by atoms with Crippen molar-refractivity contribution < 1.29 is 14.3 Å². The molecule has 1 aliphatic heterocycles. The smallest absolute Gasteiger partial charge is 0.323 e. The first-order valence-corrected chi connectivity index (χ1v) is 11.9. The minimum atomic E-state index is -0.293. The number of methoxy groups -OCH3 is 2. The van der Waals surface area contributed by atoms with Crippen molar-refractivity contribution in [2.45, 2.75) is 20.0 Å². The molecule has 3 aromatic rings. The molecule has 0 atom stereocenters. The van der Waals surface area contributed by atoms with E-state index in [-0.39, 0.29) is 6.03 Å². The van der Waals surface area contributed by atoms with Crippen LogP contribution in [0.4, 0.5) is 16.2 Å². The molecule has 0 aliphatic carbocycles. The SMILES string of the molecule is COc1ccc(CN2CCN(Cc3ccc(OC)c(NC(=O)Nc4cccc(C)c4)c3)CC2)cc1. The van der Waals surface area contributed by atoms with Gasteiger partial charge >= 0.3 is 6.03 Å². The highest BCUT2D eigenvalue weighted by atomic mass is 16.5. The Labute approximate surface area is 207 Å². The topological polar surface area (TPSA) is 66.1 Å². The second-order valence-corrected chi connectivity index (χ2v) is 8.88. The highest BCUT2D eigenvalue weighted by Crippen LogP contribution is 2.27. The van der Waals surface area contributed by atoms with Crippen molar-refractivity contribution in [3.05, 3.63) is 83.4 Å². The number of anilines is 2. The monoisotopic (exact) mass is 474 g/mol. The first-order chi connectivity index (χ1) is 17.0. The summed E-state index contributed by atoms with van der Waals surface area (Å²) in [5.74, 6) is 1.53. The maximum atomic E-state index is 12.6. The maximum Gasteiger partial charge on any atom is 0.323 e. The van der Waals surface area contributed by atoms with Crippen LogP contribution in [0.25, 0.3) is 0 Å². The minimum absolute atomic E-state index is 0.293. The van der Waals surface area contributed by atoms with E-state index in [9.17, 15) is 4.79 Å². The summed E-state index contributed by atoms with van der Waals surface area (Å²) in [6, 6.07) is 21.7. The summed E-state index contributed by atoms with van der Waals surface area (Å²) in [6.45, 7) is 7.81. The second kappa shape index (κ2) is 11.7. The molecule has 3 aromatic carbocycles. The molecule has 0 unspecified atom stereocenters. The Bertz CT molecular complexity index is 1130. The molecule has 0 bridgehead atoms.